The number of hydrogen-bond donors (Lipinski definition) is 0. The molecule has 1 aromatic rings. The molecule has 1 unspecified atom stereocenters. The van der Waals surface area contributed by atoms with E-state index in [9.17, 15) is 0 Å². The highest BCUT2D eigenvalue weighted by Gasteiger charge is 2.30. The Morgan fingerprint density at radius 1 is 1.31 bits per heavy atom. The van der Waals surface area contributed by atoms with E-state index in [0.29, 0.717) is 6.61 Å². The first-order valence-corrected chi connectivity index (χ1v) is 4.58. The van der Waals surface area contributed by atoms with Crippen LogP contribution in [0, 0.1) is 6.92 Å². The summed E-state index contributed by atoms with van der Waals surface area (Å²) < 4.78 is 5.30. The van der Waals surface area contributed by atoms with Gasteiger partial charge in [0.25, 0.3) is 0 Å². The second-order valence-electron chi connectivity index (χ2n) is 3.21. The van der Waals surface area contributed by atoms with E-state index in [-0.39, 0.29) is 6.04 Å². The summed E-state index contributed by atoms with van der Waals surface area (Å²) in [6, 6.07) is 8.63. The number of rotatable bonds is 2. The first kappa shape index (κ1) is 8.30. The molecule has 68 valence electrons. The van der Waals surface area contributed by atoms with Gasteiger partial charge in [0, 0.05) is 0 Å². The van der Waals surface area contributed by atoms with Crippen molar-refractivity contribution >= 4 is 5.90 Å². The highest BCUT2D eigenvalue weighted by atomic mass is 16.5. The van der Waals surface area contributed by atoms with E-state index in [1.807, 2.05) is 6.92 Å². The zero-order valence-corrected chi connectivity index (χ0v) is 7.95. The molecule has 2 rings (SSSR count). The third kappa shape index (κ3) is 1.72. The highest BCUT2D eigenvalue weighted by Crippen LogP contribution is 2.31. The lowest BCUT2D eigenvalue weighted by molar-refractivity contribution is 0.333. The van der Waals surface area contributed by atoms with Crippen LogP contribution in [0.1, 0.15) is 24.1 Å². The number of hydrogen-bond acceptors (Lipinski definition) is 2. The van der Waals surface area contributed by atoms with Gasteiger partial charge in [0.05, 0.1) is 6.61 Å². The zero-order chi connectivity index (χ0) is 9.26. The number of ether oxygens (including phenoxy) is 1. The van der Waals surface area contributed by atoms with Crippen LogP contribution in [0.2, 0.25) is 0 Å². The summed E-state index contributed by atoms with van der Waals surface area (Å²) >= 11 is 0. The maximum Gasteiger partial charge on any atom is 0.214 e. The van der Waals surface area contributed by atoms with E-state index in [1.165, 1.54) is 11.1 Å². The fourth-order valence-corrected chi connectivity index (χ4v) is 1.32. The Morgan fingerprint density at radius 2 is 2.00 bits per heavy atom. The van der Waals surface area contributed by atoms with Gasteiger partial charge in [-0.15, -0.1) is 0 Å². The molecule has 1 aliphatic heterocycles. The molecular weight excluding hydrogens is 162 g/mol. The van der Waals surface area contributed by atoms with Crippen LogP contribution < -0.4 is 0 Å². The molecule has 0 aliphatic carbocycles. The van der Waals surface area contributed by atoms with E-state index in [0.717, 1.165) is 5.90 Å². The maximum atomic E-state index is 5.30. The van der Waals surface area contributed by atoms with Gasteiger partial charge in [-0.1, -0.05) is 29.8 Å². The topological polar surface area (TPSA) is 21.6 Å². The Balaban J connectivity index is 2.01. The van der Waals surface area contributed by atoms with Crippen LogP contribution in [0.5, 0.6) is 0 Å². The SMILES string of the molecule is CCOC1=NC1c1ccc(C)cc1. The summed E-state index contributed by atoms with van der Waals surface area (Å²) in [5.74, 6) is 0.881. The normalized spacial score (nSPS) is 19.5. The first-order chi connectivity index (χ1) is 6.31. The largest absolute Gasteiger partial charge is 0.479 e. The minimum atomic E-state index is 0.209. The van der Waals surface area contributed by atoms with E-state index in [4.69, 9.17) is 4.74 Å². The summed E-state index contributed by atoms with van der Waals surface area (Å²) in [6.45, 7) is 4.77. The molecule has 2 heteroatoms. The van der Waals surface area contributed by atoms with Crippen LogP contribution in [0.3, 0.4) is 0 Å². The minimum Gasteiger partial charge on any atom is -0.479 e. The second-order valence-corrected chi connectivity index (χ2v) is 3.21. The van der Waals surface area contributed by atoms with Gasteiger partial charge >= 0.3 is 0 Å². The van der Waals surface area contributed by atoms with Gasteiger partial charge in [0.15, 0.2) is 6.04 Å². The van der Waals surface area contributed by atoms with Crippen LogP contribution in [0.15, 0.2) is 29.3 Å². The van der Waals surface area contributed by atoms with Crippen molar-refractivity contribution < 1.29 is 4.74 Å². The average molecular weight is 175 g/mol. The number of aryl methyl sites for hydroxylation is 1. The Kier molecular flexibility index (Phi) is 2.05. The molecule has 0 saturated heterocycles. The van der Waals surface area contributed by atoms with Gasteiger partial charge in [-0.3, -0.25) is 0 Å². The molecule has 0 bridgehead atoms. The molecule has 0 amide bonds. The maximum absolute atomic E-state index is 5.30. The van der Waals surface area contributed by atoms with E-state index in [1.54, 1.807) is 0 Å². The van der Waals surface area contributed by atoms with Crippen LogP contribution in [0.4, 0.5) is 0 Å². The standard InChI is InChI=1S/C11H13NO/c1-3-13-11-10(12-11)9-6-4-8(2)5-7-9/h4-7,10H,3H2,1-2H3. The Bertz CT molecular complexity index is 326. The predicted octanol–water partition coefficient (Wildman–Crippen LogP) is 2.48. The molecule has 13 heavy (non-hydrogen) atoms. The van der Waals surface area contributed by atoms with Crippen molar-refractivity contribution in [1.29, 1.82) is 0 Å². The third-order valence-electron chi connectivity index (χ3n) is 2.11. The predicted molar refractivity (Wildman–Crippen MR) is 53.0 cm³/mol. The molecule has 0 N–H and O–H groups in total. The first-order valence-electron chi connectivity index (χ1n) is 4.58. The fraction of sp³-hybridized carbons (Fsp3) is 0.364. The molecule has 0 spiro atoms. The van der Waals surface area contributed by atoms with Gasteiger partial charge in [-0.2, -0.15) is 0 Å². The minimum absolute atomic E-state index is 0.209. The summed E-state index contributed by atoms with van der Waals surface area (Å²) in [4.78, 5) is 4.24. The van der Waals surface area contributed by atoms with Gasteiger partial charge in [-0.05, 0) is 19.4 Å². The van der Waals surface area contributed by atoms with Crippen molar-refractivity contribution in [2.75, 3.05) is 6.61 Å². The lowest BCUT2D eigenvalue weighted by Gasteiger charge is -1.98. The van der Waals surface area contributed by atoms with Crippen LogP contribution in [0.25, 0.3) is 0 Å². The highest BCUT2D eigenvalue weighted by molar-refractivity contribution is 5.94. The quantitative estimate of drug-likeness (QED) is 0.676. The van der Waals surface area contributed by atoms with Crippen molar-refractivity contribution in [2.24, 2.45) is 4.99 Å². The molecule has 0 saturated carbocycles. The molecular formula is C11H13NO. The molecule has 2 nitrogen and oxygen atoms in total. The smallest absolute Gasteiger partial charge is 0.214 e. The van der Waals surface area contributed by atoms with E-state index >= 15 is 0 Å². The summed E-state index contributed by atoms with van der Waals surface area (Å²) in [5, 5.41) is 0. The van der Waals surface area contributed by atoms with Crippen molar-refractivity contribution in [3.8, 4) is 0 Å². The van der Waals surface area contributed by atoms with Crippen LogP contribution in [-0.4, -0.2) is 12.5 Å². The van der Waals surface area contributed by atoms with Crippen LogP contribution in [-0.2, 0) is 4.74 Å². The lowest BCUT2D eigenvalue weighted by Crippen LogP contribution is -1.96. The number of aliphatic imine (C=N–C) groups is 1. The molecule has 1 aromatic carbocycles. The Hall–Kier alpha value is -1.31. The Morgan fingerprint density at radius 3 is 2.62 bits per heavy atom. The van der Waals surface area contributed by atoms with E-state index < -0.39 is 0 Å². The molecule has 1 atom stereocenters. The van der Waals surface area contributed by atoms with Crippen molar-refractivity contribution in [3.05, 3.63) is 35.4 Å². The summed E-state index contributed by atoms with van der Waals surface area (Å²) in [7, 11) is 0. The van der Waals surface area contributed by atoms with E-state index in [2.05, 4.69) is 36.2 Å². The summed E-state index contributed by atoms with van der Waals surface area (Å²) in [5.41, 5.74) is 2.51. The summed E-state index contributed by atoms with van der Waals surface area (Å²) in [6.07, 6.45) is 0. The third-order valence-corrected chi connectivity index (χ3v) is 2.11. The fourth-order valence-electron chi connectivity index (χ4n) is 1.32. The second kappa shape index (κ2) is 3.21. The van der Waals surface area contributed by atoms with Crippen molar-refractivity contribution in [1.82, 2.24) is 0 Å². The number of benzene rings is 1. The molecule has 0 radical (unpaired) electrons. The van der Waals surface area contributed by atoms with Gasteiger partial charge < -0.3 is 4.74 Å². The number of nitrogens with zero attached hydrogens (tertiary/aromatic N) is 1. The molecule has 1 aliphatic rings. The molecule has 0 aromatic heterocycles. The lowest BCUT2D eigenvalue weighted by atomic mass is 10.1. The van der Waals surface area contributed by atoms with Crippen LogP contribution >= 0.6 is 0 Å². The van der Waals surface area contributed by atoms with Gasteiger partial charge in [-0.25, -0.2) is 4.99 Å². The average Bonchev–Trinajstić information content (AvgIpc) is 2.86. The molecule has 1 heterocycles. The van der Waals surface area contributed by atoms with Crippen molar-refractivity contribution in [2.45, 2.75) is 19.9 Å². The zero-order valence-electron chi connectivity index (χ0n) is 7.95. The van der Waals surface area contributed by atoms with Crippen molar-refractivity contribution in [3.63, 3.8) is 0 Å². The van der Waals surface area contributed by atoms with Gasteiger partial charge in [0.1, 0.15) is 0 Å². The molecule has 0 fully saturated rings. The van der Waals surface area contributed by atoms with Gasteiger partial charge in [0.2, 0.25) is 5.90 Å². The monoisotopic (exact) mass is 175 g/mol. The Labute approximate surface area is 78.3 Å².